The number of carbonyl (C=O) groups is 2. The molecule has 0 saturated carbocycles. The maximum absolute atomic E-state index is 14.0. The maximum atomic E-state index is 14.0. The molecule has 0 radical (unpaired) electrons. The molecule has 6 nitrogen and oxygen atoms in total. The molecule has 2 rings (SSSR count). The van der Waals surface area contributed by atoms with Crippen LogP contribution in [0.15, 0.2) is 18.2 Å². The topological polar surface area (TPSA) is 92.4 Å². The number of carboxylic acid groups (broad SMARTS) is 2. The van der Waals surface area contributed by atoms with Gasteiger partial charge in [-0.15, -0.1) is 0 Å². The van der Waals surface area contributed by atoms with Crippen molar-refractivity contribution in [1.82, 2.24) is 9.78 Å². The molecule has 0 fully saturated rings. The zero-order valence-electron chi connectivity index (χ0n) is 10.7. The Morgan fingerprint density at radius 3 is 2.35 bits per heavy atom. The number of aryl methyl sites for hydroxylation is 2. The number of hydrogen-bond donors (Lipinski definition) is 2. The fourth-order valence-corrected chi connectivity index (χ4v) is 1.92. The average Bonchev–Trinajstić information content (AvgIpc) is 2.71. The molecular formula is C13H11FN2O4. The molecule has 0 spiro atoms. The van der Waals surface area contributed by atoms with Gasteiger partial charge < -0.3 is 10.2 Å². The third kappa shape index (κ3) is 2.25. The summed E-state index contributed by atoms with van der Waals surface area (Å²) in [7, 11) is 1.46. The minimum absolute atomic E-state index is 0.00417. The van der Waals surface area contributed by atoms with E-state index in [0.29, 0.717) is 5.56 Å². The molecule has 0 aliphatic carbocycles. The van der Waals surface area contributed by atoms with E-state index in [9.17, 15) is 14.0 Å². The highest BCUT2D eigenvalue weighted by Crippen LogP contribution is 2.26. The summed E-state index contributed by atoms with van der Waals surface area (Å²) >= 11 is 0. The van der Waals surface area contributed by atoms with Crippen molar-refractivity contribution >= 4 is 11.9 Å². The van der Waals surface area contributed by atoms with E-state index in [1.54, 1.807) is 0 Å². The van der Waals surface area contributed by atoms with Crippen molar-refractivity contribution in [2.75, 3.05) is 0 Å². The van der Waals surface area contributed by atoms with Gasteiger partial charge >= 0.3 is 11.9 Å². The van der Waals surface area contributed by atoms with Gasteiger partial charge in [-0.1, -0.05) is 0 Å². The monoisotopic (exact) mass is 278 g/mol. The number of hydrogen-bond acceptors (Lipinski definition) is 3. The molecule has 1 aromatic carbocycles. The number of rotatable bonds is 3. The number of nitrogens with zero attached hydrogens (tertiary/aromatic N) is 2. The second-order valence-corrected chi connectivity index (χ2v) is 4.30. The Labute approximate surface area is 113 Å². The van der Waals surface area contributed by atoms with Crippen LogP contribution in [-0.2, 0) is 7.05 Å². The van der Waals surface area contributed by atoms with Gasteiger partial charge in [0.2, 0.25) is 0 Å². The number of aromatic nitrogens is 2. The Morgan fingerprint density at radius 2 is 1.85 bits per heavy atom. The highest BCUT2D eigenvalue weighted by Gasteiger charge is 2.18. The summed E-state index contributed by atoms with van der Waals surface area (Å²) in [6.07, 6.45) is 0. The van der Waals surface area contributed by atoms with Gasteiger partial charge in [0.25, 0.3) is 0 Å². The Kier molecular flexibility index (Phi) is 3.27. The molecule has 0 amide bonds. The molecule has 0 atom stereocenters. The first-order valence-corrected chi connectivity index (χ1v) is 5.62. The molecule has 0 aliphatic rings. The van der Waals surface area contributed by atoms with Crippen molar-refractivity contribution in [1.29, 1.82) is 0 Å². The lowest BCUT2D eigenvalue weighted by Crippen LogP contribution is -2.03. The second kappa shape index (κ2) is 4.76. The van der Waals surface area contributed by atoms with E-state index in [2.05, 4.69) is 5.10 Å². The van der Waals surface area contributed by atoms with E-state index < -0.39 is 17.8 Å². The third-order valence-electron chi connectivity index (χ3n) is 2.92. The van der Waals surface area contributed by atoms with Gasteiger partial charge in [-0.2, -0.15) is 5.10 Å². The third-order valence-corrected chi connectivity index (χ3v) is 2.92. The van der Waals surface area contributed by atoms with Gasteiger partial charge in [0.15, 0.2) is 5.69 Å². The van der Waals surface area contributed by atoms with E-state index in [0.717, 1.165) is 6.07 Å². The Morgan fingerprint density at radius 1 is 1.20 bits per heavy atom. The average molecular weight is 278 g/mol. The summed E-state index contributed by atoms with van der Waals surface area (Å²) in [6, 6.07) is 3.48. The Hall–Kier alpha value is -2.70. The minimum atomic E-state index is -1.24. The van der Waals surface area contributed by atoms with Crippen LogP contribution < -0.4 is 0 Å². The van der Waals surface area contributed by atoms with Gasteiger partial charge in [-0.05, 0) is 30.7 Å². The molecule has 0 saturated heterocycles. The minimum Gasteiger partial charge on any atom is -0.478 e. The summed E-state index contributed by atoms with van der Waals surface area (Å²) in [5, 5.41) is 21.6. The zero-order chi connectivity index (χ0) is 15.0. The summed E-state index contributed by atoms with van der Waals surface area (Å²) in [6.45, 7) is 1.49. The van der Waals surface area contributed by atoms with Gasteiger partial charge in [-0.3, -0.25) is 4.68 Å². The maximum Gasteiger partial charge on any atom is 0.356 e. The van der Waals surface area contributed by atoms with E-state index in [-0.39, 0.29) is 22.5 Å². The fourth-order valence-electron chi connectivity index (χ4n) is 1.92. The number of halogens is 1. The van der Waals surface area contributed by atoms with Crippen LogP contribution in [-0.4, -0.2) is 31.9 Å². The van der Waals surface area contributed by atoms with Crippen molar-refractivity contribution in [3.05, 3.63) is 40.8 Å². The molecule has 20 heavy (non-hydrogen) atoms. The smallest absolute Gasteiger partial charge is 0.356 e. The number of benzene rings is 1. The molecule has 2 aromatic rings. The van der Waals surface area contributed by atoms with Crippen LogP contribution >= 0.6 is 0 Å². The zero-order valence-corrected chi connectivity index (χ0v) is 10.7. The van der Waals surface area contributed by atoms with Crippen LogP contribution in [0.25, 0.3) is 11.3 Å². The molecular weight excluding hydrogens is 267 g/mol. The molecule has 0 unspecified atom stereocenters. The van der Waals surface area contributed by atoms with E-state index in [4.69, 9.17) is 10.2 Å². The molecule has 1 heterocycles. The SMILES string of the molecule is Cc1cc(F)c(-c2cc(C(=O)O)nn2C)cc1C(=O)O. The van der Waals surface area contributed by atoms with Crippen LogP contribution in [0.1, 0.15) is 26.4 Å². The standard InChI is InChI=1S/C13H11FN2O4/c1-6-3-9(14)8(4-7(6)12(17)18)11-5-10(13(19)20)15-16(11)2/h3-5H,1-2H3,(H,17,18)(H,19,20). The van der Waals surface area contributed by atoms with Crippen molar-refractivity contribution < 1.29 is 24.2 Å². The normalized spacial score (nSPS) is 10.6. The van der Waals surface area contributed by atoms with E-state index in [1.807, 2.05) is 0 Å². The molecule has 104 valence electrons. The highest BCUT2D eigenvalue weighted by atomic mass is 19.1. The number of aromatic carboxylic acids is 2. The van der Waals surface area contributed by atoms with Crippen molar-refractivity contribution in [3.8, 4) is 11.3 Å². The van der Waals surface area contributed by atoms with Crippen LogP contribution in [0, 0.1) is 12.7 Å². The van der Waals surface area contributed by atoms with Gasteiger partial charge in [0.05, 0.1) is 11.3 Å². The first-order chi connectivity index (χ1) is 9.31. The van der Waals surface area contributed by atoms with Crippen molar-refractivity contribution in [3.63, 3.8) is 0 Å². The second-order valence-electron chi connectivity index (χ2n) is 4.30. The van der Waals surface area contributed by atoms with Crippen molar-refractivity contribution in [2.45, 2.75) is 6.92 Å². The van der Waals surface area contributed by atoms with E-state index in [1.165, 1.54) is 30.8 Å². The quantitative estimate of drug-likeness (QED) is 0.894. The highest BCUT2D eigenvalue weighted by molar-refractivity contribution is 5.91. The first kappa shape index (κ1) is 13.7. The summed E-state index contributed by atoms with van der Waals surface area (Å²) in [5.74, 6) is -3.05. The lowest BCUT2D eigenvalue weighted by molar-refractivity contribution is 0.0681. The van der Waals surface area contributed by atoms with Crippen LogP contribution in [0.2, 0.25) is 0 Å². The molecule has 0 bridgehead atoms. The molecule has 0 aliphatic heterocycles. The predicted molar refractivity (Wildman–Crippen MR) is 67.3 cm³/mol. The van der Waals surface area contributed by atoms with Crippen LogP contribution in [0.3, 0.4) is 0 Å². The van der Waals surface area contributed by atoms with Gasteiger partial charge in [-0.25, -0.2) is 14.0 Å². The van der Waals surface area contributed by atoms with Crippen molar-refractivity contribution in [2.24, 2.45) is 7.05 Å². The van der Waals surface area contributed by atoms with Gasteiger partial charge in [0.1, 0.15) is 5.82 Å². The summed E-state index contributed by atoms with van der Waals surface area (Å²) in [5.41, 5.74) is 0.205. The van der Waals surface area contributed by atoms with Crippen LogP contribution in [0.4, 0.5) is 4.39 Å². The summed E-state index contributed by atoms with van der Waals surface area (Å²) < 4.78 is 15.2. The largest absolute Gasteiger partial charge is 0.478 e. The first-order valence-electron chi connectivity index (χ1n) is 5.62. The summed E-state index contributed by atoms with van der Waals surface area (Å²) in [4.78, 5) is 21.9. The lowest BCUT2D eigenvalue weighted by atomic mass is 10.0. The lowest BCUT2D eigenvalue weighted by Gasteiger charge is -2.07. The Balaban J connectivity index is 2.66. The van der Waals surface area contributed by atoms with Gasteiger partial charge in [0, 0.05) is 12.6 Å². The molecule has 7 heteroatoms. The number of carboxylic acids is 2. The van der Waals surface area contributed by atoms with E-state index >= 15 is 0 Å². The fraction of sp³-hybridized carbons (Fsp3) is 0.154. The molecule has 1 aromatic heterocycles. The predicted octanol–water partition coefficient (Wildman–Crippen LogP) is 1.93. The van der Waals surface area contributed by atoms with Crippen LogP contribution in [0.5, 0.6) is 0 Å². The molecule has 2 N–H and O–H groups in total. The Bertz CT molecular complexity index is 721.